The molecule has 5 rings (SSSR count). The SMILES string of the molecule is O=C(CCN1CCCC1)Nc1ccc2c(=O)c3cc(NC(=O)CCN4CCCC4)ccc3[nH]c2c1. The first-order chi connectivity index (χ1) is 17.0. The highest BCUT2D eigenvalue weighted by Crippen LogP contribution is 2.22. The molecule has 1 aromatic heterocycles. The van der Waals surface area contributed by atoms with Crippen LogP contribution in [0.4, 0.5) is 11.4 Å². The first-order valence-electron chi connectivity index (χ1n) is 12.7. The molecule has 3 aromatic rings. The number of nitrogens with one attached hydrogen (secondary N) is 3. The number of pyridine rings is 1. The molecule has 2 fully saturated rings. The van der Waals surface area contributed by atoms with Crippen molar-refractivity contribution in [1.29, 1.82) is 0 Å². The summed E-state index contributed by atoms with van der Waals surface area (Å²) >= 11 is 0. The van der Waals surface area contributed by atoms with Crippen LogP contribution in [-0.4, -0.2) is 65.9 Å². The second kappa shape index (κ2) is 10.6. The maximum Gasteiger partial charge on any atom is 0.225 e. The van der Waals surface area contributed by atoms with Gasteiger partial charge in [0.2, 0.25) is 11.8 Å². The molecule has 35 heavy (non-hydrogen) atoms. The third kappa shape index (κ3) is 5.71. The van der Waals surface area contributed by atoms with Gasteiger partial charge in [-0.2, -0.15) is 0 Å². The fourth-order valence-electron chi connectivity index (χ4n) is 5.11. The number of H-pyrrole nitrogens is 1. The standard InChI is InChI=1S/C27H33N5O3/c33-25(9-15-31-11-1-2-12-31)28-19-6-8-23-22(17-19)27(35)21-7-5-20(18-24(21)30-23)29-26(34)10-16-32-13-3-4-14-32/h5-8,17-18H,1-4,9-16H2,(H,28,33)(H,29,34)(H,30,35). The second-order valence-corrected chi connectivity index (χ2v) is 9.67. The monoisotopic (exact) mass is 475 g/mol. The molecule has 2 saturated heterocycles. The summed E-state index contributed by atoms with van der Waals surface area (Å²) in [6.07, 6.45) is 5.73. The van der Waals surface area contributed by atoms with Crippen molar-refractivity contribution in [3.63, 3.8) is 0 Å². The van der Waals surface area contributed by atoms with Crippen molar-refractivity contribution in [3.8, 4) is 0 Å². The first kappa shape index (κ1) is 23.5. The highest BCUT2D eigenvalue weighted by atomic mass is 16.2. The van der Waals surface area contributed by atoms with Crippen LogP contribution in [0, 0.1) is 0 Å². The van der Waals surface area contributed by atoms with Crippen LogP contribution in [0.2, 0.25) is 0 Å². The molecule has 2 amide bonds. The quantitative estimate of drug-likeness (QED) is 0.433. The van der Waals surface area contributed by atoms with E-state index in [1.54, 1.807) is 24.3 Å². The molecule has 2 aliphatic rings. The molecule has 8 heteroatoms. The Bertz CT molecular complexity index is 1290. The summed E-state index contributed by atoms with van der Waals surface area (Å²) in [6.45, 7) is 5.81. The van der Waals surface area contributed by atoms with Crippen molar-refractivity contribution in [1.82, 2.24) is 14.8 Å². The molecule has 0 unspecified atom stereocenters. The Morgan fingerprint density at radius 3 is 1.86 bits per heavy atom. The number of hydrogen-bond acceptors (Lipinski definition) is 5. The van der Waals surface area contributed by atoms with E-state index in [1.807, 2.05) is 12.1 Å². The van der Waals surface area contributed by atoms with E-state index in [1.165, 1.54) is 25.7 Å². The van der Waals surface area contributed by atoms with Crippen LogP contribution in [0.25, 0.3) is 21.8 Å². The number of anilines is 2. The number of rotatable bonds is 8. The van der Waals surface area contributed by atoms with Gasteiger partial charge in [-0.15, -0.1) is 0 Å². The Morgan fingerprint density at radius 1 is 0.714 bits per heavy atom. The van der Waals surface area contributed by atoms with Crippen molar-refractivity contribution >= 4 is 45.0 Å². The summed E-state index contributed by atoms with van der Waals surface area (Å²) in [4.78, 5) is 45.9. The molecular formula is C27H33N5O3. The van der Waals surface area contributed by atoms with Crippen LogP contribution >= 0.6 is 0 Å². The van der Waals surface area contributed by atoms with Gasteiger partial charge in [0.15, 0.2) is 5.43 Å². The summed E-state index contributed by atoms with van der Waals surface area (Å²) in [7, 11) is 0. The number of carbonyl (C=O) groups is 2. The van der Waals surface area contributed by atoms with Crippen LogP contribution in [0.5, 0.6) is 0 Å². The molecule has 3 N–H and O–H groups in total. The molecule has 2 aliphatic heterocycles. The summed E-state index contributed by atoms with van der Waals surface area (Å²) < 4.78 is 0. The lowest BCUT2D eigenvalue weighted by Gasteiger charge is -2.14. The molecule has 184 valence electrons. The van der Waals surface area contributed by atoms with Gasteiger partial charge in [0.25, 0.3) is 0 Å². The number of amides is 2. The van der Waals surface area contributed by atoms with E-state index >= 15 is 0 Å². The lowest BCUT2D eigenvalue weighted by molar-refractivity contribution is -0.117. The topological polar surface area (TPSA) is 97.5 Å². The van der Waals surface area contributed by atoms with Crippen molar-refractivity contribution in [3.05, 3.63) is 46.6 Å². The Balaban J connectivity index is 1.27. The minimum atomic E-state index is -0.103. The van der Waals surface area contributed by atoms with Crippen LogP contribution in [0.15, 0.2) is 41.2 Å². The predicted molar refractivity (Wildman–Crippen MR) is 140 cm³/mol. The number of carbonyl (C=O) groups excluding carboxylic acids is 2. The molecular weight excluding hydrogens is 442 g/mol. The zero-order valence-electron chi connectivity index (χ0n) is 20.1. The fourth-order valence-corrected chi connectivity index (χ4v) is 5.11. The van der Waals surface area contributed by atoms with E-state index < -0.39 is 0 Å². The predicted octanol–water partition coefficient (Wildman–Crippen LogP) is 3.53. The number of benzene rings is 2. The number of fused-ring (bicyclic) bond motifs is 2. The molecule has 0 radical (unpaired) electrons. The zero-order chi connectivity index (χ0) is 24.2. The third-order valence-electron chi connectivity index (χ3n) is 7.07. The molecule has 2 aromatic carbocycles. The van der Waals surface area contributed by atoms with E-state index in [0.29, 0.717) is 46.0 Å². The summed E-state index contributed by atoms with van der Waals surface area (Å²) in [5, 5.41) is 6.95. The number of nitrogens with zero attached hydrogens (tertiary/aromatic N) is 2. The zero-order valence-corrected chi connectivity index (χ0v) is 20.1. The first-order valence-corrected chi connectivity index (χ1v) is 12.7. The van der Waals surface area contributed by atoms with Crippen LogP contribution < -0.4 is 16.1 Å². The van der Waals surface area contributed by atoms with E-state index in [2.05, 4.69) is 25.4 Å². The minimum absolute atomic E-state index is 0.0236. The number of likely N-dealkylation sites (tertiary alicyclic amines) is 2. The molecule has 3 heterocycles. The van der Waals surface area contributed by atoms with Gasteiger partial charge in [-0.25, -0.2) is 0 Å². The van der Waals surface area contributed by atoms with Gasteiger partial charge >= 0.3 is 0 Å². The third-order valence-corrected chi connectivity index (χ3v) is 7.07. The number of aromatic nitrogens is 1. The van der Waals surface area contributed by atoms with E-state index in [9.17, 15) is 14.4 Å². The van der Waals surface area contributed by atoms with Crippen molar-refractivity contribution < 1.29 is 9.59 Å². The molecule has 0 bridgehead atoms. The van der Waals surface area contributed by atoms with Crippen molar-refractivity contribution in [2.45, 2.75) is 38.5 Å². The molecule has 0 spiro atoms. The lowest BCUT2D eigenvalue weighted by atomic mass is 10.1. The lowest BCUT2D eigenvalue weighted by Crippen LogP contribution is -2.25. The summed E-state index contributed by atoms with van der Waals surface area (Å²) in [6, 6.07) is 10.7. The van der Waals surface area contributed by atoms with Gasteiger partial charge in [0, 0.05) is 53.6 Å². The van der Waals surface area contributed by atoms with Gasteiger partial charge in [-0.1, -0.05) is 0 Å². The smallest absolute Gasteiger partial charge is 0.225 e. The fraction of sp³-hybridized carbons (Fsp3) is 0.444. The molecule has 0 atom stereocenters. The largest absolute Gasteiger partial charge is 0.354 e. The average molecular weight is 476 g/mol. The normalized spacial score (nSPS) is 16.8. The number of hydrogen-bond donors (Lipinski definition) is 3. The van der Waals surface area contributed by atoms with Gasteiger partial charge in [-0.3, -0.25) is 14.4 Å². The van der Waals surface area contributed by atoms with Crippen molar-refractivity contribution in [2.75, 3.05) is 49.9 Å². The maximum atomic E-state index is 13.2. The molecule has 0 saturated carbocycles. The minimum Gasteiger partial charge on any atom is -0.354 e. The van der Waals surface area contributed by atoms with Crippen LogP contribution in [0.1, 0.15) is 38.5 Å². The van der Waals surface area contributed by atoms with Gasteiger partial charge in [0.1, 0.15) is 0 Å². The van der Waals surface area contributed by atoms with Gasteiger partial charge < -0.3 is 25.4 Å². The van der Waals surface area contributed by atoms with E-state index in [4.69, 9.17) is 0 Å². The van der Waals surface area contributed by atoms with Crippen LogP contribution in [0.3, 0.4) is 0 Å². The van der Waals surface area contributed by atoms with Crippen LogP contribution in [-0.2, 0) is 9.59 Å². The van der Waals surface area contributed by atoms with Gasteiger partial charge in [0.05, 0.1) is 5.52 Å². The molecule has 0 aliphatic carbocycles. The van der Waals surface area contributed by atoms with Crippen molar-refractivity contribution in [2.24, 2.45) is 0 Å². The molecule has 8 nitrogen and oxygen atoms in total. The Kier molecular flexibility index (Phi) is 7.11. The van der Waals surface area contributed by atoms with Gasteiger partial charge in [-0.05, 0) is 88.3 Å². The second-order valence-electron chi connectivity index (χ2n) is 9.67. The highest BCUT2D eigenvalue weighted by molar-refractivity contribution is 5.99. The summed E-state index contributed by atoms with van der Waals surface area (Å²) in [5.74, 6) is -0.0666. The Labute approximate surface area is 204 Å². The highest BCUT2D eigenvalue weighted by Gasteiger charge is 2.15. The van der Waals surface area contributed by atoms with E-state index in [-0.39, 0.29) is 17.2 Å². The Morgan fingerprint density at radius 2 is 1.26 bits per heavy atom. The average Bonchev–Trinajstić information content (AvgIpc) is 3.56. The number of aromatic amines is 1. The summed E-state index contributed by atoms with van der Waals surface area (Å²) in [5.41, 5.74) is 2.54. The maximum absolute atomic E-state index is 13.2. The van der Waals surface area contributed by atoms with E-state index in [0.717, 1.165) is 39.3 Å². The Hall–Kier alpha value is -3.23.